The monoisotopic (exact) mass is 516 g/mol. The summed E-state index contributed by atoms with van der Waals surface area (Å²) >= 11 is 0. The van der Waals surface area contributed by atoms with E-state index < -0.39 is 17.6 Å². The lowest BCUT2D eigenvalue weighted by Gasteiger charge is -2.34. The average Bonchev–Trinajstić information content (AvgIpc) is 3.64. The largest absolute Gasteiger partial charge is 0.494 e. The summed E-state index contributed by atoms with van der Waals surface area (Å²) in [5, 5.41) is 6.94. The summed E-state index contributed by atoms with van der Waals surface area (Å²) in [6, 6.07) is 8.93. The average molecular weight is 517 g/mol. The van der Waals surface area contributed by atoms with E-state index in [2.05, 4.69) is 25.4 Å². The zero-order chi connectivity index (χ0) is 26.8. The zero-order valence-electron chi connectivity index (χ0n) is 20.7. The van der Waals surface area contributed by atoms with Gasteiger partial charge in [-0.3, -0.25) is 19.2 Å². The number of hydrogen-bond acceptors (Lipinski definition) is 8. The summed E-state index contributed by atoms with van der Waals surface area (Å²) in [6.45, 7) is 1.10. The molecule has 1 saturated heterocycles. The van der Waals surface area contributed by atoms with E-state index in [1.165, 1.54) is 42.5 Å². The van der Waals surface area contributed by atoms with Crippen molar-refractivity contribution in [3.05, 3.63) is 66.0 Å². The number of H-pyrrole nitrogens is 1. The standard InChI is InChI=1S/C25H24N8O5/c1-26-23(35)21-29-14-33(30-21)22-19-18(17(38-2)13-28-22)16(12-27-19)20(34)25(37)32-10-8-31(9-11-32)24(36)15-6-4-3-5-7-15/h3-7,12-14,27H,8-11H2,1-2H3,(H,26,35). The Labute approximate surface area is 216 Å². The molecular weight excluding hydrogens is 492 g/mol. The number of aromatic nitrogens is 5. The quantitative estimate of drug-likeness (QED) is 0.280. The minimum Gasteiger partial charge on any atom is -0.494 e. The van der Waals surface area contributed by atoms with Crippen molar-refractivity contribution in [2.45, 2.75) is 0 Å². The summed E-state index contributed by atoms with van der Waals surface area (Å²) in [6.07, 6.45) is 4.15. The first-order valence-corrected chi connectivity index (χ1v) is 11.8. The van der Waals surface area contributed by atoms with Crippen molar-refractivity contribution in [3.63, 3.8) is 0 Å². The molecule has 0 bridgehead atoms. The third-order valence-corrected chi connectivity index (χ3v) is 6.33. The minimum absolute atomic E-state index is 0.0545. The number of fused-ring (bicyclic) bond motifs is 1. The number of pyridine rings is 1. The Morgan fingerprint density at radius 2 is 1.71 bits per heavy atom. The van der Waals surface area contributed by atoms with Crippen LogP contribution < -0.4 is 10.1 Å². The number of carbonyl (C=O) groups is 4. The number of carbonyl (C=O) groups excluding carboxylic acids is 4. The predicted molar refractivity (Wildman–Crippen MR) is 134 cm³/mol. The van der Waals surface area contributed by atoms with E-state index in [0.717, 1.165) is 0 Å². The van der Waals surface area contributed by atoms with Crippen LogP contribution >= 0.6 is 0 Å². The van der Waals surface area contributed by atoms with Crippen molar-refractivity contribution < 1.29 is 23.9 Å². The second kappa shape index (κ2) is 10.1. The topological polar surface area (TPSA) is 155 Å². The van der Waals surface area contributed by atoms with Crippen LogP contribution in [0.5, 0.6) is 5.75 Å². The van der Waals surface area contributed by atoms with Gasteiger partial charge in [0.2, 0.25) is 5.82 Å². The summed E-state index contributed by atoms with van der Waals surface area (Å²) in [5.74, 6) is -1.49. The van der Waals surface area contributed by atoms with Crippen molar-refractivity contribution in [2.24, 2.45) is 0 Å². The fraction of sp³-hybridized carbons (Fsp3) is 0.240. The van der Waals surface area contributed by atoms with Crippen LogP contribution in [0.15, 0.2) is 49.1 Å². The van der Waals surface area contributed by atoms with Gasteiger partial charge in [-0.2, -0.15) is 4.68 Å². The molecule has 13 heteroatoms. The molecule has 0 spiro atoms. The van der Waals surface area contributed by atoms with Crippen molar-refractivity contribution in [1.29, 1.82) is 0 Å². The molecule has 194 valence electrons. The normalized spacial score (nSPS) is 13.4. The Morgan fingerprint density at radius 3 is 2.39 bits per heavy atom. The first-order chi connectivity index (χ1) is 18.4. The number of Topliss-reactive ketones (excluding diaryl/α,β-unsaturated/α-hetero) is 1. The number of aromatic amines is 1. The van der Waals surface area contributed by atoms with Crippen molar-refractivity contribution in [2.75, 3.05) is 40.3 Å². The van der Waals surface area contributed by atoms with Gasteiger partial charge in [-0.05, 0) is 12.1 Å². The van der Waals surface area contributed by atoms with E-state index in [4.69, 9.17) is 4.74 Å². The van der Waals surface area contributed by atoms with Gasteiger partial charge in [0.05, 0.1) is 29.8 Å². The number of ether oxygens (including phenoxy) is 1. The fourth-order valence-corrected chi connectivity index (χ4v) is 4.33. The number of nitrogens with one attached hydrogen (secondary N) is 2. The first-order valence-electron chi connectivity index (χ1n) is 11.8. The molecule has 5 rings (SSSR count). The SMILES string of the molecule is CNC(=O)c1ncn(-c2ncc(OC)c3c(C(=O)C(=O)N4CCN(C(=O)c5ccccc5)CC4)c[nH]c23)n1. The maximum atomic E-state index is 13.3. The highest BCUT2D eigenvalue weighted by Gasteiger charge is 2.31. The van der Waals surface area contributed by atoms with Gasteiger partial charge in [-0.1, -0.05) is 18.2 Å². The van der Waals surface area contributed by atoms with Crippen LogP contribution in [0, 0.1) is 0 Å². The molecule has 3 amide bonds. The molecule has 0 aliphatic carbocycles. The highest BCUT2D eigenvalue weighted by molar-refractivity contribution is 6.45. The van der Waals surface area contributed by atoms with E-state index in [1.807, 2.05) is 6.07 Å². The number of amides is 3. The fourth-order valence-electron chi connectivity index (χ4n) is 4.33. The molecule has 0 radical (unpaired) electrons. The number of nitrogens with zero attached hydrogens (tertiary/aromatic N) is 6. The molecule has 3 aromatic heterocycles. The van der Waals surface area contributed by atoms with Crippen LogP contribution in [0.2, 0.25) is 0 Å². The van der Waals surface area contributed by atoms with Gasteiger partial charge in [0.15, 0.2) is 5.82 Å². The van der Waals surface area contributed by atoms with Gasteiger partial charge in [-0.25, -0.2) is 9.97 Å². The van der Waals surface area contributed by atoms with Crippen LogP contribution in [0.3, 0.4) is 0 Å². The molecule has 1 aromatic carbocycles. The Morgan fingerprint density at radius 1 is 1.00 bits per heavy atom. The molecule has 4 heterocycles. The van der Waals surface area contributed by atoms with Crippen LogP contribution in [-0.4, -0.2) is 98.4 Å². The summed E-state index contributed by atoms with van der Waals surface area (Å²) in [4.78, 5) is 65.5. The van der Waals surface area contributed by atoms with Crippen LogP contribution in [-0.2, 0) is 4.79 Å². The van der Waals surface area contributed by atoms with Gasteiger partial charge >= 0.3 is 0 Å². The molecular formula is C25H24N8O5. The van der Waals surface area contributed by atoms with Gasteiger partial charge < -0.3 is 24.8 Å². The van der Waals surface area contributed by atoms with Gasteiger partial charge in [0.25, 0.3) is 23.5 Å². The van der Waals surface area contributed by atoms with E-state index in [0.29, 0.717) is 29.6 Å². The van der Waals surface area contributed by atoms with Crippen molar-refractivity contribution in [3.8, 4) is 11.6 Å². The number of ketones is 1. The summed E-state index contributed by atoms with van der Waals surface area (Å²) in [5.41, 5.74) is 1.07. The molecule has 1 aliphatic rings. The maximum Gasteiger partial charge on any atom is 0.295 e. The maximum absolute atomic E-state index is 13.3. The summed E-state index contributed by atoms with van der Waals surface area (Å²) < 4.78 is 6.72. The number of rotatable bonds is 6. The Balaban J connectivity index is 1.37. The Kier molecular flexibility index (Phi) is 6.56. The molecule has 4 aromatic rings. The van der Waals surface area contributed by atoms with E-state index >= 15 is 0 Å². The molecule has 1 fully saturated rings. The smallest absolute Gasteiger partial charge is 0.295 e. The predicted octanol–water partition coefficient (Wildman–Crippen LogP) is 0.679. The highest BCUT2D eigenvalue weighted by atomic mass is 16.5. The Bertz CT molecular complexity index is 1540. The lowest BCUT2D eigenvalue weighted by molar-refractivity contribution is -0.127. The molecule has 0 atom stereocenters. The van der Waals surface area contributed by atoms with Crippen LogP contribution in [0.4, 0.5) is 0 Å². The van der Waals surface area contributed by atoms with Crippen molar-refractivity contribution in [1.82, 2.24) is 39.8 Å². The zero-order valence-corrected chi connectivity index (χ0v) is 20.7. The van der Waals surface area contributed by atoms with Crippen LogP contribution in [0.25, 0.3) is 16.7 Å². The molecule has 1 aliphatic heterocycles. The van der Waals surface area contributed by atoms with Gasteiger partial charge in [-0.15, -0.1) is 5.10 Å². The van der Waals surface area contributed by atoms with Gasteiger partial charge in [0, 0.05) is 45.0 Å². The molecule has 13 nitrogen and oxygen atoms in total. The number of methoxy groups -OCH3 is 1. The van der Waals surface area contributed by atoms with Crippen molar-refractivity contribution >= 4 is 34.4 Å². The number of hydrogen-bond donors (Lipinski definition) is 2. The summed E-state index contributed by atoms with van der Waals surface area (Å²) in [7, 11) is 2.90. The Hall–Kier alpha value is -5.07. The van der Waals surface area contributed by atoms with E-state index in [1.54, 1.807) is 29.2 Å². The highest BCUT2D eigenvalue weighted by Crippen LogP contribution is 2.32. The molecule has 0 saturated carbocycles. The number of benzene rings is 1. The van der Waals surface area contributed by atoms with Gasteiger partial charge in [0.1, 0.15) is 12.1 Å². The minimum atomic E-state index is -0.723. The lowest BCUT2D eigenvalue weighted by Crippen LogP contribution is -2.52. The molecule has 38 heavy (non-hydrogen) atoms. The molecule has 0 unspecified atom stereocenters. The third kappa shape index (κ3) is 4.34. The second-order valence-corrected chi connectivity index (χ2v) is 8.47. The molecule has 2 N–H and O–H groups in total. The van der Waals surface area contributed by atoms with Crippen LogP contribution in [0.1, 0.15) is 31.3 Å². The second-order valence-electron chi connectivity index (χ2n) is 8.47. The lowest BCUT2D eigenvalue weighted by atomic mass is 10.1. The third-order valence-electron chi connectivity index (χ3n) is 6.33. The number of piperazine rings is 1. The van der Waals surface area contributed by atoms with E-state index in [-0.39, 0.29) is 42.0 Å². The first kappa shape index (κ1) is 24.6. The van der Waals surface area contributed by atoms with E-state index in [9.17, 15) is 19.2 Å².